The van der Waals surface area contributed by atoms with Gasteiger partial charge in [-0.1, -0.05) is 31.2 Å². The van der Waals surface area contributed by atoms with Crippen LogP contribution in [-0.4, -0.2) is 37.1 Å². The lowest BCUT2D eigenvalue weighted by Crippen LogP contribution is -2.29. The van der Waals surface area contributed by atoms with Gasteiger partial charge in [0, 0.05) is 18.7 Å². The quantitative estimate of drug-likeness (QED) is 0.208. The Balaban J connectivity index is 1.83. The van der Waals surface area contributed by atoms with Gasteiger partial charge >= 0.3 is 5.97 Å². The molecule has 0 radical (unpaired) electrons. The van der Waals surface area contributed by atoms with Gasteiger partial charge in [0.05, 0.1) is 28.3 Å². The molecule has 0 fully saturated rings. The molecule has 11 heteroatoms. The molecule has 2 aromatic heterocycles. The molecule has 0 aliphatic rings. The molecule has 0 aliphatic carbocycles. The van der Waals surface area contributed by atoms with E-state index in [0.717, 1.165) is 0 Å². The molecule has 0 saturated heterocycles. The molecule has 11 nitrogen and oxygen atoms in total. The minimum absolute atomic E-state index is 0.0369. The third kappa shape index (κ3) is 5.96. The van der Waals surface area contributed by atoms with Crippen molar-refractivity contribution < 1.29 is 9.90 Å². The van der Waals surface area contributed by atoms with Crippen molar-refractivity contribution in [3.63, 3.8) is 0 Å². The zero-order valence-electron chi connectivity index (χ0n) is 21.8. The summed E-state index contributed by atoms with van der Waals surface area (Å²) >= 11 is 0. The Labute approximate surface area is 225 Å². The molecule has 1 atom stereocenters. The summed E-state index contributed by atoms with van der Waals surface area (Å²) in [6.07, 6.45) is 1.80. The molecule has 5 N–H and O–H groups in total. The van der Waals surface area contributed by atoms with Crippen molar-refractivity contribution in [2.75, 3.05) is 22.9 Å². The number of fused-ring (bicyclic) bond motifs is 1. The minimum atomic E-state index is -0.830. The van der Waals surface area contributed by atoms with E-state index in [1.54, 1.807) is 17.6 Å². The van der Waals surface area contributed by atoms with Gasteiger partial charge in [0.25, 0.3) is 5.56 Å². The molecule has 200 valence electrons. The van der Waals surface area contributed by atoms with E-state index in [2.05, 4.69) is 26.7 Å². The van der Waals surface area contributed by atoms with Crippen molar-refractivity contribution in [1.82, 2.24) is 19.5 Å². The van der Waals surface area contributed by atoms with Crippen LogP contribution >= 0.6 is 0 Å². The molecule has 4 aromatic rings. The van der Waals surface area contributed by atoms with Crippen LogP contribution < -0.4 is 21.9 Å². The minimum Gasteiger partial charge on any atom is -0.481 e. The molecular formula is C28H30N8O3. The predicted octanol–water partition coefficient (Wildman–Crippen LogP) is 4.17. The zero-order chi connectivity index (χ0) is 27.9. The van der Waals surface area contributed by atoms with E-state index in [9.17, 15) is 14.9 Å². The number of carbonyl (C=O) groups is 1. The number of aromatic nitrogens is 4. The molecule has 0 aliphatic heterocycles. The number of nitrogens with one attached hydrogen (secondary N) is 2. The molecule has 0 spiro atoms. The van der Waals surface area contributed by atoms with E-state index in [4.69, 9.17) is 15.8 Å². The second kappa shape index (κ2) is 12.0. The van der Waals surface area contributed by atoms with E-state index >= 15 is 0 Å². The molecule has 4 rings (SSSR count). The van der Waals surface area contributed by atoms with E-state index in [1.165, 1.54) is 0 Å². The van der Waals surface area contributed by atoms with Crippen molar-refractivity contribution in [1.29, 1.82) is 5.26 Å². The maximum Gasteiger partial charge on any atom is 0.303 e. The lowest BCUT2D eigenvalue weighted by atomic mass is 10.1. The maximum atomic E-state index is 14.1. The fourth-order valence-electron chi connectivity index (χ4n) is 4.43. The molecule has 0 amide bonds. The summed E-state index contributed by atoms with van der Waals surface area (Å²) in [5.74, 6) is -0.0584. The summed E-state index contributed by atoms with van der Waals surface area (Å²) < 4.78 is 1.57. The summed E-state index contributed by atoms with van der Waals surface area (Å²) in [6, 6.07) is 16.3. The van der Waals surface area contributed by atoms with Crippen LogP contribution in [0.3, 0.4) is 0 Å². The van der Waals surface area contributed by atoms with Crippen LogP contribution in [-0.2, 0) is 4.79 Å². The van der Waals surface area contributed by atoms with Gasteiger partial charge in [0.1, 0.15) is 23.3 Å². The third-order valence-electron chi connectivity index (χ3n) is 6.32. The smallest absolute Gasteiger partial charge is 0.303 e. The average Bonchev–Trinajstić information content (AvgIpc) is 2.91. The number of carboxylic acids is 1. The van der Waals surface area contributed by atoms with Crippen LogP contribution in [0.2, 0.25) is 0 Å². The van der Waals surface area contributed by atoms with E-state index in [1.807, 2.05) is 49.4 Å². The van der Waals surface area contributed by atoms with Gasteiger partial charge in [0.2, 0.25) is 5.95 Å². The SMILES string of the molecule is CCC(Nc1nc(N)nc(C)c1C#N)c1nc2cccc(NCCCCC(=O)O)c2c(=O)n1-c1ccccc1. The highest BCUT2D eigenvalue weighted by molar-refractivity contribution is 5.91. The lowest BCUT2D eigenvalue weighted by molar-refractivity contribution is -0.137. The Kier molecular flexibility index (Phi) is 8.36. The summed E-state index contributed by atoms with van der Waals surface area (Å²) in [5.41, 5.74) is 8.12. The summed E-state index contributed by atoms with van der Waals surface area (Å²) in [4.78, 5) is 38.2. The number of hydrogen-bond acceptors (Lipinski definition) is 9. The van der Waals surface area contributed by atoms with Crippen molar-refractivity contribution in [2.45, 2.75) is 45.6 Å². The van der Waals surface area contributed by atoms with Gasteiger partial charge in [-0.25, -0.2) is 9.97 Å². The van der Waals surface area contributed by atoms with Crippen molar-refractivity contribution in [2.24, 2.45) is 0 Å². The number of para-hydroxylation sites is 1. The number of nitrogen functional groups attached to an aromatic ring is 1. The number of aryl methyl sites for hydroxylation is 1. The van der Waals surface area contributed by atoms with E-state index in [-0.39, 0.29) is 29.3 Å². The number of nitrogens with zero attached hydrogens (tertiary/aromatic N) is 5. The van der Waals surface area contributed by atoms with Crippen molar-refractivity contribution >= 4 is 34.3 Å². The standard InChI is InChI=1S/C28H30N8O3/c1-3-20(33-25-19(16-29)17(2)32-28(30)35-25)26-34-22-13-9-12-21(31-15-8-7-14-23(37)38)24(22)27(39)36(26)18-10-5-4-6-11-18/h4-6,9-13,20,31H,3,7-8,14-15H2,1-2H3,(H,37,38)(H3,30,32,33,35). The first kappa shape index (κ1) is 27.1. The van der Waals surface area contributed by atoms with E-state index < -0.39 is 12.0 Å². The molecule has 39 heavy (non-hydrogen) atoms. The fraction of sp³-hybridized carbons (Fsp3) is 0.286. The van der Waals surface area contributed by atoms with Crippen LogP contribution in [0.1, 0.15) is 55.7 Å². The Morgan fingerprint density at radius 3 is 2.59 bits per heavy atom. The highest BCUT2D eigenvalue weighted by Crippen LogP contribution is 2.28. The van der Waals surface area contributed by atoms with Gasteiger partial charge < -0.3 is 21.5 Å². The lowest BCUT2D eigenvalue weighted by Gasteiger charge is -2.23. The monoisotopic (exact) mass is 526 g/mol. The highest BCUT2D eigenvalue weighted by Gasteiger charge is 2.23. The normalized spacial score (nSPS) is 11.6. The summed E-state index contributed by atoms with van der Waals surface area (Å²) in [7, 11) is 0. The number of unbranched alkanes of at least 4 members (excludes halogenated alkanes) is 1. The summed E-state index contributed by atoms with van der Waals surface area (Å²) in [5, 5.41) is 25.6. The Bertz CT molecular complexity index is 1590. The third-order valence-corrected chi connectivity index (χ3v) is 6.32. The number of aliphatic carboxylic acids is 1. The molecule has 0 saturated carbocycles. The van der Waals surface area contributed by atoms with Gasteiger partial charge in [-0.15, -0.1) is 0 Å². The second-order valence-corrected chi connectivity index (χ2v) is 9.03. The number of rotatable bonds is 11. The van der Waals surface area contributed by atoms with Crippen LogP contribution in [0.5, 0.6) is 0 Å². The Morgan fingerprint density at radius 2 is 1.90 bits per heavy atom. The van der Waals surface area contributed by atoms with Crippen LogP contribution in [0.25, 0.3) is 16.6 Å². The first-order valence-electron chi connectivity index (χ1n) is 12.7. The van der Waals surface area contributed by atoms with Crippen LogP contribution in [0.4, 0.5) is 17.5 Å². The van der Waals surface area contributed by atoms with Gasteiger partial charge in [-0.2, -0.15) is 10.2 Å². The topological polar surface area (TPSA) is 172 Å². The van der Waals surface area contributed by atoms with Gasteiger partial charge in [-0.05, 0) is 50.5 Å². The Morgan fingerprint density at radius 1 is 1.13 bits per heavy atom. The molecule has 1 unspecified atom stereocenters. The zero-order valence-corrected chi connectivity index (χ0v) is 21.8. The fourth-order valence-corrected chi connectivity index (χ4v) is 4.43. The number of hydrogen-bond donors (Lipinski definition) is 4. The summed E-state index contributed by atoms with van der Waals surface area (Å²) in [6.45, 7) is 4.15. The van der Waals surface area contributed by atoms with Crippen LogP contribution in [0.15, 0.2) is 53.3 Å². The van der Waals surface area contributed by atoms with Crippen LogP contribution in [0, 0.1) is 18.3 Å². The number of nitrogens with two attached hydrogens (primary N) is 1. The maximum absolute atomic E-state index is 14.1. The number of benzene rings is 2. The number of nitriles is 1. The number of anilines is 3. The number of carboxylic acid groups (broad SMARTS) is 1. The largest absolute Gasteiger partial charge is 0.481 e. The van der Waals surface area contributed by atoms with Gasteiger partial charge in [0.15, 0.2) is 0 Å². The Hall–Kier alpha value is -4.98. The van der Waals surface area contributed by atoms with Crippen molar-refractivity contribution in [3.05, 3.63) is 76.0 Å². The molecule has 2 aromatic carbocycles. The first-order valence-corrected chi connectivity index (χ1v) is 12.7. The average molecular weight is 527 g/mol. The predicted molar refractivity (Wildman–Crippen MR) is 150 cm³/mol. The van der Waals surface area contributed by atoms with Crippen molar-refractivity contribution in [3.8, 4) is 11.8 Å². The van der Waals surface area contributed by atoms with Gasteiger partial charge in [-0.3, -0.25) is 14.2 Å². The van der Waals surface area contributed by atoms with E-state index in [0.29, 0.717) is 59.6 Å². The molecule has 2 heterocycles. The molecular weight excluding hydrogens is 496 g/mol. The first-order chi connectivity index (χ1) is 18.8. The molecule has 0 bridgehead atoms. The second-order valence-electron chi connectivity index (χ2n) is 9.03. The highest BCUT2D eigenvalue weighted by atomic mass is 16.4.